The number of rotatable bonds is 5. The average Bonchev–Trinajstić information content (AvgIpc) is 3.09. The highest BCUT2D eigenvalue weighted by Crippen LogP contribution is 2.34. The summed E-state index contributed by atoms with van der Waals surface area (Å²) >= 11 is 3.42. The van der Waals surface area contributed by atoms with E-state index in [-0.39, 0.29) is 6.04 Å². The molecule has 1 aliphatic carbocycles. The zero-order chi connectivity index (χ0) is 12.4. The number of carboxylic acid groups (broad SMARTS) is 1. The summed E-state index contributed by atoms with van der Waals surface area (Å²) in [5.74, 6) is -0.434. The molecule has 0 radical (unpaired) electrons. The van der Waals surface area contributed by atoms with E-state index in [2.05, 4.69) is 21.2 Å². The summed E-state index contributed by atoms with van der Waals surface area (Å²) in [6.07, 6.45) is 2.05. The van der Waals surface area contributed by atoms with E-state index in [1.165, 1.54) is 0 Å². The molecule has 1 saturated carbocycles. The number of aliphatic carboxylic acids is 1. The summed E-state index contributed by atoms with van der Waals surface area (Å²) in [5.41, 5.74) is 1.10. The summed E-state index contributed by atoms with van der Waals surface area (Å²) in [6.45, 7) is 2.00. The molecule has 1 fully saturated rings. The highest BCUT2D eigenvalue weighted by Gasteiger charge is 2.36. The van der Waals surface area contributed by atoms with Crippen molar-refractivity contribution >= 4 is 21.9 Å². The molecule has 0 bridgehead atoms. The molecule has 3 nitrogen and oxygen atoms in total. The van der Waals surface area contributed by atoms with Gasteiger partial charge in [-0.3, -0.25) is 10.1 Å². The smallest absolute Gasteiger partial charge is 0.320 e. The van der Waals surface area contributed by atoms with Gasteiger partial charge >= 0.3 is 5.97 Å². The Bertz CT molecular complexity index is 418. The van der Waals surface area contributed by atoms with E-state index in [0.717, 1.165) is 22.9 Å². The van der Waals surface area contributed by atoms with E-state index in [1.807, 2.05) is 31.2 Å². The van der Waals surface area contributed by atoms with Gasteiger partial charge in [-0.2, -0.15) is 0 Å². The first-order chi connectivity index (χ1) is 8.08. The van der Waals surface area contributed by atoms with Gasteiger partial charge in [0.15, 0.2) is 0 Å². The SMILES string of the molecule is C[C@H](NC(C(=O)O)C1CC1)c1cccc(Br)c1. The quantitative estimate of drug-likeness (QED) is 0.878. The van der Waals surface area contributed by atoms with Crippen LogP contribution in [0.3, 0.4) is 0 Å². The Morgan fingerprint density at radius 2 is 2.24 bits per heavy atom. The van der Waals surface area contributed by atoms with Crippen LogP contribution in [0.25, 0.3) is 0 Å². The molecular formula is C13H16BrNO2. The lowest BCUT2D eigenvalue weighted by Crippen LogP contribution is -2.40. The Hall–Kier alpha value is -0.870. The molecule has 0 heterocycles. The first-order valence-electron chi connectivity index (χ1n) is 5.82. The van der Waals surface area contributed by atoms with Crippen LogP contribution in [0.15, 0.2) is 28.7 Å². The van der Waals surface area contributed by atoms with Crippen molar-refractivity contribution in [2.45, 2.75) is 31.8 Å². The largest absolute Gasteiger partial charge is 0.480 e. The third-order valence-corrected chi connectivity index (χ3v) is 3.63. The zero-order valence-corrected chi connectivity index (χ0v) is 11.3. The molecule has 17 heavy (non-hydrogen) atoms. The van der Waals surface area contributed by atoms with Gasteiger partial charge in [-0.25, -0.2) is 0 Å². The van der Waals surface area contributed by atoms with Crippen LogP contribution in [0.1, 0.15) is 31.4 Å². The minimum atomic E-state index is -0.741. The highest BCUT2D eigenvalue weighted by atomic mass is 79.9. The molecule has 0 saturated heterocycles. The molecule has 92 valence electrons. The third kappa shape index (κ3) is 3.30. The zero-order valence-electron chi connectivity index (χ0n) is 9.69. The van der Waals surface area contributed by atoms with Crippen LogP contribution in [0.5, 0.6) is 0 Å². The van der Waals surface area contributed by atoms with Crippen LogP contribution in [-0.4, -0.2) is 17.1 Å². The van der Waals surface area contributed by atoms with Crippen molar-refractivity contribution in [3.8, 4) is 0 Å². The van der Waals surface area contributed by atoms with E-state index < -0.39 is 12.0 Å². The second kappa shape index (κ2) is 5.19. The third-order valence-electron chi connectivity index (χ3n) is 3.14. The summed E-state index contributed by atoms with van der Waals surface area (Å²) < 4.78 is 1.02. The summed E-state index contributed by atoms with van der Waals surface area (Å²) in [6, 6.07) is 7.59. The molecule has 0 spiro atoms. The topological polar surface area (TPSA) is 49.3 Å². The fourth-order valence-electron chi connectivity index (χ4n) is 1.98. The molecule has 1 aromatic carbocycles. The van der Waals surface area contributed by atoms with Gasteiger partial charge in [-0.05, 0) is 43.4 Å². The van der Waals surface area contributed by atoms with E-state index in [9.17, 15) is 4.79 Å². The molecular weight excluding hydrogens is 282 g/mol. The number of hydrogen-bond donors (Lipinski definition) is 2. The second-order valence-corrected chi connectivity index (χ2v) is 5.51. The number of carbonyl (C=O) groups is 1. The molecule has 0 aliphatic heterocycles. The summed E-state index contributed by atoms with van der Waals surface area (Å²) in [5, 5.41) is 12.4. The maximum Gasteiger partial charge on any atom is 0.320 e. The molecule has 0 amide bonds. The first-order valence-corrected chi connectivity index (χ1v) is 6.61. The molecule has 1 aliphatic rings. The molecule has 2 rings (SSSR count). The van der Waals surface area contributed by atoms with Gasteiger partial charge < -0.3 is 5.11 Å². The van der Waals surface area contributed by atoms with Crippen molar-refractivity contribution in [3.05, 3.63) is 34.3 Å². The Balaban J connectivity index is 2.04. The van der Waals surface area contributed by atoms with Gasteiger partial charge in [0.2, 0.25) is 0 Å². The van der Waals surface area contributed by atoms with Gasteiger partial charge in [0.1, 0.15) is 6.04 Å². The van der Waals surface area contributed by atoms with Crippen LogP contribution in [0, 0.1) is 5.92 Å². The highest BCUT2D eigenvalue weighted by molar-refractivity contribution is 9.10. The minimum absolute atomic E-state index is 0.0502. The normalized spacial score (nSPS) is 18.7. The second-order valence-electron chi connectivity index (χ2n) is 4.60. The van der Waals surface area contributed by atoms with E-state index >= 15 is 0 Å². The number of carboxylic acids is 1. The van der Waals surface area contributed by atoms with Crippen LogP contribution < -0.4 is 5.32 Å². The fraction of sp³-hybridized carbons (Fsp3) is 0.462. The Morgan fingerprint density at radius 3 is 2.76 bits per heavy atom. The van der Waals surface area contributed by atoms with Gasteiger partial charge in [-0.1, -0.05) is 28.1 Å². The predicted molar refractivity (Wildman–Crippen MR) is 69.8 cm³/mol. The molecule has 1 unspecified atom stereocenters. The van der Waals surface area contributed by atoms with Crippen molar-refractivity contribution in [1.82, 2.24) is 5.32 Å². The Kier molecular flexibility index (Phi) is 3.84. The monoisotopic (exact) mass is 297 g/mol. The van der Waals surface area contributed by atoms with E-state index in [1.54, 1.807) is 0 Å². The maximum absolute atomic E-state index is 11.1. The first kappa shape index (κ1) is 12.6. The van der Waals surface area contributed by atoms with Crippen molar-refractivity contribution in [2.75, 3.05) is 0 Å². The van der Waals surface area contributed by atoms with E-state index in [0.29, 0.717) is 5.92 Å². The van der Waals surface area contributed by atoms with Crippen molar-refractivity contribution in [1.29, 1.82) is 0 Å². The van der Waals surface area contributed by atoms with Gasteiger partial charge in [0.25, 0.3) is 0 Å². The minimum Gasteiger partial charge on any atom is -0.480 e. The van der Waals surface area contributed by atoms with Crippen LogP contribution in [0.4, 0.5) is 0 Å². The lowest BCUT2D eigenvalue weighted by molar-refractivity contribution is -0.140. The molecule has 0 aromatic heterocycles. The van der Waals surface area contributed by atoms with Crippen LogP contribution in [0.2, 0.25) is 0 Å². The van der Waals surface area contributed by atoms with Gasteiger partial charge in [0.05, 0.1) is 0 Å². The summed E-state index contributed by atoms with van der Waals surface area (Å²) in [7, 11) is 0. The molecule has 1 aromatic rings. The van der Waals surface area contributed by atoms with Crippen LogP contribution >= 0.6 is 15.9 Å². The van der Waals surface area contributed by atoms with Crippen LogP contribution in [-0.2, 0) is 4.79 Å². The van der Waals surface area contributed by atoms with Gasteiger partial charge in [0, 0.05) is 10.5 Å². The lowest BCUT2D eigenvalue weighted by Gasteiger charge is -2.20. The number of benzene rings is 1. The van der Waals surface area contributed by atoms with Crippen molar-refractivity contribution < 1.29 is 9.90 Å². The number of halogens is 1. The summed E-state index contributed by atoms with van der Waals surface area (Å²) in [4.78, 5) is 11.1. The van der Waals surface area contributed by atoms with Gasteiger partial charge in [-0.15, -0.1) is 0 Å². The maximum atomic E-state index is 11.1. The standard InChI is InChI=1S/C13H16BrNO2/c1-8(10-3-2-4-11(14)7-10)15-12(13(16)17)9-5-6-9/h2-4,7-9,12,15H,5-6H2,1H3,(H,16,17)/t8-,12?/m0/s1. The Morgan fingerprint density at radius 1 is 1.53 bits per heavy atom. The molecule has 4 heteroatoms. The number of nitrogens with one attached hydrogen (secondary N) is 1. The molecule has 2 N–H and O–H groups in total. The number of hydrogen-bond acceptors (Lipinski definition) is 2. The Labute approximate surface area is 109 Å². The predicted octanol–water partition coefficient (Wildman–Crippen LogP) is 2.96. The van der Waals surface area contributed by atoms with Crippen molar-refractivity contribution in [3.63, 3.8) is 0 Å². The molecule has 2 atom stereocenters. The van der Waals surface area contributed by atoms with Crippen molar-refractivity contribution in [2.24, 2.45) is 5.92 Å². The average molecular weight is 298 g/mol. The lowest BCUT2D eigenvalue weighted by atomic mass is 10.1. The van der Waals surface area contributed by atoms with E-state index in [4.69, 9.17) is 5.11 Å². The fourth-order valence-corrected chi connectivity index (χ4v) is 2.40.